The highest BCUT2D eigenvalue weighted by Crippen LogP contribution is 2.34. The first-order chi connectivity index (χ1) is 13.6. The summed E-state index contributed by atoms with van der Waals surface area (Å²) in [5, 5.41) is 7.10. The van der Waals surface area contributed by atoms with Gasteiger partial charge in [0.05, 0.1) is 18.9 Å². The number of aryl methyl sites for hydroxylation is 1. The van der Waals surface area contributed by atoms with Crippen molar-refractivity contribution >= 4 is 11.6 Å². The second kappa shape index (κ2) is 8.55. The molecular weight excluding hydrogens is 358 g/mol. The number of amides is 1. The number of morpholine rings is 1. The SMILES string of the molecule is Cc1cccc(CN2CCC3(CC(C(=O)NCCN4CCOCC4)=NO3)C2)n1. The summed E-state index contributed by atoms with van der Waals surface area (Å²) in [5.74, 6) is -0.107. The minimum Gasteiger partial charge on any atom is -0.387 e. The minimum absolute atomic E-state index is 0.107. The summed E-state index contributed by atoms with van der Waals surface area (Å²) in [6.45, 7) is 9.36. The zero-order chi connectivity index (χ0) is 19.4. The molecule has 0 aliphatic carbocycles. The highest BCUT2D eigenvalue weighted by atomic mass is 16.7. The molecule has 1 unspecified atom stereocenters. The molecule has 8 nitrogen and oxygen atoms in total. The Balaban J connectivity index is 1.22. The molecule has 8 heteroatoms. The molecule has 4 heterocycles. The Hall–Kier alpha value is -2.03. The van der Waals surface area contributed by atoms with E-state index < -0.39 is 0 Å². The van der Waals surface area contributed by atoms with Gasteiger partial charge in [-0.15, -0.1) is 0 Å². The van der Waals surface area contributed by atoms with Gasteiger partial charge in [-0.1, -0.05) is 11.2 Å². The second-order valence-electron chi connectivity index (χ2n) is 7.93. The van der Waals surface area contributed by atoms with E-state index in [1.54, 1.807) is 0 Å². The normalized spacial score (nSPS) is 25.7. The summed E-state index contributed by atoms with van der Waals surface area (Å²) in [7, 11) is 0. The van der Waals surface area contributed by atoms with Crippen molar-refractivity contribution in [3.63, 3.8) is 0 Å². The van der Waals surface area contributed by atoms with Crippen LogP contribution in [0.5, 0.6) is 0 Å². The van der Waals surface area contributed by atoms with Crippen LogP contribution in [0.1, 0.15) is 24.2 Å². The van der Waals surface area contributed by atoms with Gasteiger partial charge in [-0.3, -0.25) is 19.6 Å². The number of ether oxygens (including phenoxy) is 1. The summed E-state index contributed by atoms with van der Waals surface area (Å²) in [5.41, 5.74) is 2.25. The van der Waals surface area contributed by atoms with Gasteiger partial charge in [0.1, 0.15) is 5.71 Å². The lowest BCUT2D eigenvalue weighted by molar-refractivity contribution is -0.115. The van der Waals surface area contributed by atoms with E-state index in [0.717, 1.165) is 70.3 Å². The molecule has 1 atom stereocenters. The van der Waals surface area contributed by atoms with E-state index in [-0.39, 0.29) is 11.5 Å². The zero-order valence-electron chi connectivity index (χ0n) is 16.5. The van der Waals surface area contributed by atoms with Crippen LogP contribution < -0.4 is 5.32 Å². The van der Waals surface area contributed by atoms with Crippen LogP contribution >= 0.6 is 0 Å². The van der Waals surface area contributed by atoms with Gasteiger partial charge in [0.25, 0.3) is 5.91 Å². The zero-order valence-corrected chi connectivity index (χ0v) is 16.5. The van der Waals surface area contributed by atoms with Gasteiger partial charge < -0.3 is 14.9 Å². The van der Waals surface area contributed by atoms with Crippen LogP contribution in [-0.4, -0.2) is 84.5 Å². The Bertz CT molecular complexity index is 734. The Morgan fingerprint density at radius 1 is 1.25 bits per heavy atom. The van der Waals surface area contributed by atoms with Gasteiger partial charge in [0.15, 0.2) is 5.60 Å². The molecule has 1 amide bonds. The number of likely N-dealkylation sites (tertiary alicyclic amines) is 1. The van der Waals surface area contributed by atoms with E-state index in [1.807, 2.05) is 19.1 Å². The van der Waals surface area contributed by atoms with Crippen molar-refractivity contribution in [2.75, 3.05) is 52.5 Å². The molecule has 0 aromatic carbocycles. The van der Waals surface area contributed by atoms with Crippen LogP contribution in [0.3, 0.4) is 0 Å². The number of carbonyl (C=O) groups is 1. The first-order valence-electron chi connectivity index (χ1n) is 10.1. The average Bonchev–Trinajstić information content (AvgIpc) is 3.29. The van der Waals surface area contributed by atoms with Crippen LogP contribution in [0.4, 0.5) is 0 Å². The Morgan fingerprint density at radius 2 is 2.11 bits per heavy atom. The van der Waals surface area contributed by atoms with Crippen molar-refractivity contribution in [2.24, 2.45) is 5.16 Å². The molecule has 3 aliphatic heterocycles. The van der Waals surface area contributed by atoms with Crippen molar-refractivity contribution < 1.29 is 14.4 Å². The molecule has 28 heavy (non-hydrogen) atoms. The highest BCUT2D eigenvalue weighted by Gasteiger charge is 2.46. The van der Waals surface area contributed by atoms with Crippen LogP contribution in [-0.2, 0) is 20.9 Å². The Kier molecular flexibility index (Phi) is 5.89. The van der Waals surface area contributed by atoms with E-state index >= 15 is 0 Å². The van der Waals surface area contributed by atoms with Crippen molar-refractivity contribution in [3.05, 3.63) is 29.6 Å². The number of oxime groups is 1. The summed E-state index contributed by atoms with van der Waals surface area (Å²) in [6.07, 6.45) is 1.46. The molecule has 3 aliphatic rings. The quantitative estimate of drug-likeness (QED) is 0.768. The van der Waals surface area contributed by atoms with Crippen LogP contribution in [0.25, 0.3) is 0 Å². The third-order valence-electron chi connectivity index (χ3n) is 5.65. The van der Waals surface area contributed by atoms with Gasteiger partial charge in [0.2, 0.25) is 0 Å². The first kappa shape index (κ1) is 19.3. The molecule has 1 aromatic rings. The maximum atomic E-state index is 12.4. The summed E-state index contributed by atoms with van der Waals surface area (Å²) >= 11 is 0. The predicted octanol–water partition coefficient (Wildman–Crippen LogP) is 0.559. The molecule has 1 spiro atoms. The third-order valence-corrected chi connectivity index (χ3v) is 5.65. The summed E-state index contributed by atoms with van der Waals surface area (Å²) < 4.78 is 5.34. The van der Waals surface area contributed by atoms with E-state index in [2.05, 4.69) is 31.3 Å². The molecule has 2 fully saturated rings. The molecular formula is C20H29N5O3. The average molecular weight is 387 g/mol. The maximum Gasteiger partial charge on any atom is 0.269 e. The number of hydrogen-bond donors (Lipinski definition) is 1. The van der Waals surface area contributed by atoms with Gasteiger partial charge in [-0.05, 0) is 19.1 Å². The minimum atomic E-state index is -0.360. The van der Waals surface area contributed by atoms with Crippen molar-refractivity contribution in [1.82, 2.24) is 20.1 Å². The van der Waals surface area contributed by atoms with Crippen molar-refractivity contribution in [1.29, 1.82) is 0 Å². The molecule has 0 radical (unpaired) electrons. The number of aromatic nitrogens is 1. The van der Waals surface area contributed by atoms with E-state index in [4.69, 9.17) is 9.57 Å². The number of rotatable bonds is 6. The van der Waals surface area contributed by atoms with Gasteiger partial charge in [0, 0.05) is 64.3 Å². The second-order valence-corrected chi connectivity index (χ2v) is 7.93. The fourth-order valence-electron chi connectivity index (χ4n) is 4.10. The van der Waals surface area contributed by atoms with Crippen LogP contribution in [0.15, 0.2) is 23.4 Å². The van der Waals surface area contributed by atoms with Crippen molar-refractivity contribution in [3.8, 4) is 0 Å². The smallest absolute Gasteiger partial charge is 0.269 e. The Labute approximate surface area is 165 Å². The molecule has 1 aromatic heterocycles. The topological polar surface area (TPSA) is 79.3 Å². The third kappa shape index (κ3) is 4.68. The maximum absolute atomic E-state index is 12.4. The number of hydrogen-bond acceptors (Lipinski definition) is 7. The fourth-order valence-corrected chi connectivity index (χ4v) is 4.10. The number of carbonyl (C=O) groups excluding carboxylic acids is 1. The lowest BCUT2D eigenvalue weighted by atomic mass is 9.96. The molecule has 152 valence electrons. The van der Waals surface area contributed by atoms with Crippen LogP contribution in [0, 0.1) is 6.92 Å². The number of nitrogens with zero attached hydrogens (tertiary/aromatic N) is 4. The van der Waals surface area contributed by atoms with Gasteiger partial charge in [-0.25, -0.2) is 0 Å². The molecule has 0 bridgehead atoms. The molecule has 4 rings (SSSR count). The first-order valence-corrected chi connectivity index (χ1v) is 10.1. The fraction of sp³-hybridized carbons (Fsp3) is 0.650. The lowest BCUT2D eigenvalue weighted by Gasteiger charge is -2.26. The summed E-state index contributed by atoms with van der Waals surface area (Å²) in [4.78, 5) is 27.4. The summed E-state index contributed by atoms with van der Waals surface area (Å²) in [6, 6.07) is 6.10. The van der Waals surface area contributed by atoms with E-state index in [9.17, 15) is 4.79 Å². The number of pyridine rings is 1. The van der Waals surface area contributed by atoms with Crippen LogP contribution in [0.2, 0.25) is 0 Å². The van der Waals surface area contributed by atoms with Crippen molar-refractivity contribution in [2.45, 2.75) is 31.9 Å². The lowest BCUT2D eigenvalue weighted by Crippen LogP contribution is -2.43. The monoisotopic (exact) mass is 387 g/mol. The Morgan fingerprint density at radius 3 is 2.93 bits per heavy atom. The molecule has 2 saturated heterocycles. The predicted molar refractivity (Wildman–Crippen MR) is 105 cm³/mol. The van der Waals surface area contributed by atoms with E-state index in [1.165, 1.54) is 0 Å². The highest BCUT2D eigenvalue weighted by molar-refractivity contribution is 6.39. The van der Waals surface area contributed by atoms with Gasteiger partial charge >= 0.3 is 0 Å². The number of nitrogens with one attached hydrogen (secondary N) is 1. The largest absolute Gasteiger partial charge is 0.387 e. The standard InChI is InChI=1S/C20H29N5O3/c1-16-3-2-4-17(22-16)14-25-7-5-20(15-25)13-18(23-28-20)19(26)21-6-8-24-9-11-27-12-10-24/h2-4H,5-15H2,1H3,(H,21,26). The molecule has 0 saturated carbocycles. The van der Waals surface area contributed by atoms with E-state index in [0.29, 0.717) is 18.7 Å². The molecule has 1 N–H and O–H groups in total. The van der Waals surface area contributed by atoms with Gasteiger partial charge in [-0.2, -0.15) is 0 Å².